The van der Waals surface area contributed by atoms with Crippen LogP contribution in [0.4, 0.5) is 0 Å². The fourth-order valence-corrected chi connectivity index (χ4v) is 6.15. The van der Waals surface area contributed by atoms with Crippen molar-refractivity contribution in [3.8, 4) is 0 Å². The second-order valence-electron chi connectivity index (χ2n) is 6.16. The molecule has 1 heteroatoms. The molecule has 0 radical (unpaired) electrons. The summed E-state index contributed by atoms with van der Waals surface area (Å²) in [5, 5.41) is 0. The van der Waals surface area contributed by atoms with Gasteiger partial charge >= 0.3 is 0 Å². The Hall–Kier alpha value is -0.300. The fourth-order valence-electron chi connectivity index (χ4n) is 6.15. The first kappa shape index (κ1) is 7.05. The third-order valence-corrected chi connectivity index (χ3v) is 6.37. The molecule has 5 rings (SSSR count). The molecule has 0 N–H and O–H groups in total. The van der Waals surface area contributed by atoms with Crippen molar-refractivity contribution in [1.82, 2.24) is 0 Å². The van der Waals surface area contributed by atoms with Gasteiger partial charge in [-0.3, -0.25) is 0 Å². The molecule has 1 spiro atoms. The van der Waals surface area contributed by atoms with Crippen molar-refractivity contribution >= 4 is 0 Å². The Balaban J connectivity index is 1.77. The van der Waals surface area contributed by atoms with E-state index in [1.807, 2.05) is 0 Å². The van der Waals surface area contributed by atoms with E-state index < -0.39 is 0 Å². The molecule has 4 aliphatic carbocycles. The Morgan fingerprint density at radius 2 is 2.00 bits per heavy atom. The monoisotopic (exact) mass is 188 g/mol. The van der Waals surface area contributed by atoms with Crippen molar-refractivity contribution < 1.29 is 4.74 Å². The highest BCUT2D eigenvalue weighted by molar-refractivity contribution is 5.44. The number of fused-ring (bicyclic) bond motifs is 2. The topological polar surface area (TPSA) is 9.23 Å². The lowest BCUT2D eigenvalue weighted by Crippen LogP contribution is -2.24. The molecule has 6 unspecified atom stereocenters. The van der Waals surface area contributed by atoms with Gasteiger partial charge in [-0.15, -0.1) is 0 Å². The fraction of sp³-hybridized carbons (Fsp3) is 0.846. The highest BCUT2D eigenvalue weighted by Crippen LogP contribution is 2.90. The van der Waals surface area contributed by atoms with Crippen molar-refractivity contribution in [3.63, 3.8) is 0 Å². The Morgan fingerprint density at radius 1 is 1.07 bits per heavy atom. The van der Waals surface area contributed by atoms with Gasteiger partial charge < -0.3 is 4.74 Å². The summed E-state index contributed by atoms with van der Waals surface area (Å²) in [6.45, 7) is 2.18. The van der Waals surface area contributed by atoms with Gasteiger partial charge in [-0.1, -0.05) is 18.6 Å². The summed E-state index contributed by atoms with van der Waals surface area (Å²) in [5.74, 6) is 3.94. The minimum atomic E-state index is 0.642. The highest BCUT2D eigenvalue weighted by atomic mass is 16.5. The zero-order chi connectivity index (χ0) is 8.97. The first-order valence-corrected chi connectivity index (χ1v) is 6.17. The molecule has 1 heterocycles. The standard InChI is InChI=1S/C13H16O/c1-2-8-9(3-1)12-6-14-7-13(12)10(8)4-5-11(12)13/h4-5,8-11H,1-3,6-7H2. The zero-order valence-corrected chi connectivity index (χ0v) is 8.41. The largest absolute Gasteiger partial charge is 0.380 e. The van der Waals surface area contributed by atoms with Crippen molar-refractivity contribution in [2.24, 2.45) is 34.5 Å². The van der Waals surface area contributed by atoms with Gasteiger partial charge in [0.15, 0.2) is 0 Å². The van der Waals surface area contributed by atoms with Crippen LogP contribution in [0, 0.1) is 34.5 Å². The second kappa shape index (κ2) is 1.73. The lowest BCUT2D eigenvalue weighted by Gasteiger charge is -2.26. The SMILES string of the molecule is C1=CC2C34COCC23C2CCCC2C14. The molecule has 0 bridgehead atoms. The van der Waals surface area contributed by atoms with Crippen molar-refractivity contribution in [2.75, 3.05) is 13.2 Å². The molecule has 6 atom stereocenters. The number of hydrogen-bond acceptors (Lipinski definition) is 1. The van der Waals surface area contributed by atoms with E-state index in [-0.39, 0.29) is 0 Å². The van der Waals surface area contributed by atoms with Gasteiger partial charge in [0.25, 0.3) is 0 Å². The third-order valence-electron chi connectivity index (χ3n) is 6.37. The van der Waals surface area contributed by atoms with E-state index >= 15 is 0 Å². The minimum absolute atomic E-state index is 0.642. The van der Waals surface area contributed by atoms with Crippen molar-refractivity contribution in [3.05, 3.63) is 12.2 Å². The predicted molar refractivity (Wildman–Crippen MR) is 52.6 cm³/mol. The van der Waals surface area contributed by atoms with E-state index in [1.165, 1.54) is 19.3 Å². The molecular weight excluding hydrogens is 172 g/mol. The Labute approximate surface area is 84.5 Å². The molecule has 14 heavy (non-hydrogen) atoms. The predicted octanol–water partition coefficient (Wildman–Crippen LogP) is 2.24. The lowest BCUT2D eigenvalue weighted by molar-refractivity contribution is 0.0733. The average Bonchev–Trinajstić information content (AvgIpc) is 2.70. The Bertz CT molecular complexity index is 360. The molecule has 3 saturated carbocycles. The maximum absolute atomic E-state index is 5.80. The summed E-state index contributed by atoms with van der Waals surface area (Å²) < 4.78 is 5.80. The van der Waals surface area contributed by atoms with Gasteiger partial charge in [0, 0.05) is 10.8 Å². The highest BCUT2D eigenvalue weighted by Gasteiger charge is 2.89. The molecule has 1 saturated heterocycles. The average molecular weight is 188 g/mol. The first-order chi connectivity index (χ1) is 6.91. The lowest BCUT2D eigenvalue weighted by atomic mass is 9.82. The number of allylic oxidation sites excluding steroid dienone is 2. The molecule has 0 aromatic heterocycles. The smallest absolute Gasteiger partial charge is 0.0540 e. The van der Waals surface area contributed by atoms with Crippen LogP contribution in [0.5, 0.6) is 0 Å². The van der Waals surface area contributed by atoms with Crippen LogP contribution in [-0.4, -0.2) is 13.2 Å². The summed E-state index contributed by atoms with van der Waals surface area (Å²) in [4.78, 5) is 0. The minimum Gasteiger partial charge on any atom is -0.380 e. The molecule has 5 aliphatic rings. The van der Waals surface area contributed by atoms with E-state index in [4.69, 9.17) is 4.74 Å². The summed E-state index contributed by atoms with van der Waals surface area (Å²) in [5.41, 5.74) is 1.30. The van der Waals surface area contributed by atoms with Gasteiger partial charge in [0.2, 0.25) is 0 Å². The van der Waals surface area contributed by atoms with E-state index in [9.17, 15) is 0 Å². The Kier molecular flexibility index (Phi) is 0.872. The maximum atomic E-state index is 5.80. The third kappa shape index (κ3) is 0.402. The van der Waals surface area contributed by atoms with Gasteiger partial charge in [-0.05, 0) is 36.5 Å². The molecular formula is C13H16O. The van der Waals surface area contributed by atoms with Crippen LogP contribution in [0.1, 0.15) is 19.3 Å². The van der Waals surface area contributed by atoms with Crippen molar-refractivity contribution in [2.45, 2.75) is 19.3 Å². The normalized spacial score (nSPS) is 70.9. The van der Waals surface area contributed by atoms with Gasteiger partial charge in [0.05, 0.1) is 13.2 Å². The molecule has 1 aliphatic heterocycles. The molecule has 0 aromatic carbocycles. The first-order valence-electron chi connectivity index (χ1n) is 6.17. The number of ether oxygens (including phenoxy) is 1. The van der Waals surface area contributed by atoms with Gasteiger partial charge in [-0.25, -0.2) is 0 Å². The zero-order valence-electron chi connectivity index (χ0n) is 8.41. The molecule has 74 valence electrons. The Morgan fingerprint density at radius 3 is 3.00 bits per heavy atom. The second-order valence-corrected chi connectivity index (χ2v) is 6.16. The van der Waals surface area contributed by atoms with E-state index in [0.717, 1.165) is 36.9 Å². The van der Waals surface area contributed by atoms with Crippen LogP contribution in [0.15, 0.2) is 12.2 Å². The quantitative estimate of drug-likeness (QED) is 0.530. The van der Waals surface area contributed by atoms with E-state index in [2.05, 4.69) is 12.2 Å². The van der Waals surface area contributed by atoms with E-state index in [1.54, 1.807) is 0 Å². The van der Waals surface area contributed by atoms with Gasteiger partial charge in [-0.2, -0.15) is 0 Å². The maximum Gasteiger partial charge on any atom is 0.0540 e. The summed E-state index contributed by atoms with van der Waals surface area (Å²) in [7, 11) is 0. The number of rotatable bonds is 0. The van der Waals surface area contributed by atoms with Crippen LogP contribution in [0.3, 0.4) is 0 Å². The van der Waals surface area contributed by atoms with Crippen molar-refractivity contribution in [1.29, 1.82) is 0 Å². The number of hydrogen-bond donors (Lipinski definition) is 0. The molecule has 0 amide bonds. The summed E-state index contributed by atoms with van der Waals surface area (Å²) in [6.07, 6.45) is 9.60. The van der Waals surface area contributed by atoms with Crippen LogP contribution in [-0.2, 0) is 4.74 Å². The summed E-state index contributed by atoms with van der Waals surface area (Å²) >= 11 is 0. The van der Waals surface area contributed by atoms with Crippen LogP contribution >= 0.6 is 0 Å². The summed E-state index contributed by atoms with van der Waals surface area (Å²) in [6, 6.07) is 0. The van der Waals surface area contributed by atoms with Crippen LogP contribution < -0.4 is 0 Å². The van der Waals surface area contributed by atoms with Crippen LogP contribution in [0.25, 0.3) is 0 Å². The van der Waals surface area contributed by atoms with E-state index in [0.29, 0.717) is 10.8 Å². The molecule has 0 aromatic rings. The van der Waals surface area contributed by atoms with Crippen LogP contribution in [0.2, 0.25) is 0 Å². The van der Waals surface area contributed by atoms with Gasteiger partial charge in [0.1, 0.15) is 0 Å². The molecule has 4 fully saturated rings. The molecule has 1 nitrogen and oxygen atoms in total.